The van der Waals surface area contributed by atoms with Crippen LogP contribution >= 0.6 is 24.0 Å². The van der Waals surface area contributed by atoms with Crippen molar-refractivity contribution in [1.82, 2.24) is 4.90 Å². The van der Waals surface area contributed by atoms with E-state index in [1.165, 1.54) is 22.9 Å². The van der Waals surface area contributed by atoms with E-state index >= 15 is 0 Å². The fourth-order valence-electron chi connectivity index (χ4n) is 3.16. The fraction of sp³-hybridized carbons (Fsp3) is 0.360. The highest BCUT2D eigenvalue weighted by atomic mass is 32.2. The van der Waals surface area contributed by atoms with Crippen molar-refractivity contribution in [3.63, 3.8) is 0 Å². The minimum absolute atomic E-state index is 0.0513. The van der Waals surface area contributed by atoms with E-state index < -0.39 is 0 Å². The van der Waals surface area contributed by atoms with E-state index in [1.54, 1.807) is 4.90 Å². The second-order valence-electron chi connectivity index (χ2n) is 7.36. The number of likely N-dealkylation sites (N-methyl/N-ethyl adjacent to an activating group) is 1. The van der Waals surface area contributed by atoms with Crippen molar-refractivity contribution in [1.29, 1.82) is 0 Å². The van der Waals surface area contributed by atoms with Gasteiger partial charge in [0.25, 0.3) is 5.91 Å². The van der Waals surface area contributed by atoms with Gasteiger partial charge in [0, 0.05) is 13.0 Å². The number of benzene rings is 2. The SMILES string of the molecule is CCOc1cc(C=C2SC(=S)N(CC)C2=O)ccc1OCCCOc1ccc(C)c(C)c1. The summed E-state index contributed by atoms with van der Waals surface area (Å²) in [5.41, 5.74) is 3.34. The van der Waals surface area contributed by atoms with E-state index in [0.717, 1.165) is 17.7 Å². The van der Waals surface area contributed by atoms with Crippen LogP contribution in [0.15, 0.2) is 41.3 Å². The Hall–Kier alpha value is -2.51. The Kier molecular flexibility index (Phi) is 8.59. The smallest absolute Gasteiger partial charge is 0.266 e. The molecule has 7 heteroatoms. The first kappa shape index (κ1) is 24.1. The predicted molar refractivity (Wildman–Crippen MR) is 135 cm³/mol. The highest BCUT2D eigenvalue weighted by Crippen LogP contribution is 2.34. The number of hydrogen-bond acceptors (Lipinski definition) is 6. The first-order chi connectivity index (χ1) is 15.4. The molecule has 0 bridgehead atoms. The van der Waals surface area contributed by atoms with E-state index in [9.17, 15) is 4.79 Å². The Labute approximate surface area is 199 Å². The fourth-order valence-corrected chi connectivity index (χ4v) is 4.54. The average molecular weight is 472 g/mol. The third-order valence-electron chi connectivity index (χ3n) is 5.05. The number of thiocarbonyl (C=S) groups is 1. The lowest BCUT2D eigenvalue weighted by atomic mass is 10.1. The Morgan fingerprint density at radius 1 is 0.969 bits per heavy atom. The molecular weight excluding hydrogens is 442 g/mol. The molecule has 2 aromatic carbocycles. The number of rotatable bonds is 10. The van der Waals surface area contributed by atoms with Crippen molar-refractivity contribution < 1.29 is 19.0 Å². The Morgan fingerprint density at radius 3 is 2.44 bits per heavy atom. The van der Waals surface area contributed by atoms with Crippen LogP contribution in [0.3, 0.4) is 0 Å². The van der Waals surface area contributed by atoms with Gasteiger partial charge in [-0.25, -0.2) is 0 Å². The van der Waals surface area contributed by atoms with Crippen LogP contribution in [0.4, 0.5) is 0 Å². The summed E-state index contributed by atoms with van der Waals surface area (Å²) in [5, 5.41) is 0. The molecule has 0 atom stereocenters. The maximum atomic E-state index is 12.5. The van der Waals surface area contributed by atoms with Gasteiger partial charge in [0.15, 0.2) is 11.5 Å². The molecule has 3 rings (SSSR count). The molecule has 1 fully saturated rings. The van der Waals surface area contributed by atoms with E-state index in [4.69, 9.17) is 26.4 Å². The molecule has 170 valence electrons. The van der Waals surface area contributed by atoms with Gasteiger partial charge in [-0.15, -0.1) is 0 Å². The van der Waals surface area contributed by atoms with Crippen molar-refractivity contribution in [2.24, 2.45) is 0 Å². The number of thioether (sulfide) groups is 1. The molecule has 1 saturated heterocycles. The topological polar surface area (TPSA) is 48.0 Å². The lowest BCUT2D eigenvalue weighted by Gasteiger charge is -2.13. The van der Waals surface area contributed by atoms with Gasteiger partial charge in [-0.2, -0.15) is 0 Å². The number of carbonyl (C=O) groups is 1. The molecule has 2 aromatic rings. The van der Waals surface area contributed by atoms with Crippen LogP contribution in [-0.4, -0.2) is 41.5 Å². The lowest BCUT2D eigenvalue weighted by Crippen LogP contribution is -2.27. The summed E-state index contributed by atoms with van der Waals surface area (Å²) in [4.78, 5) is 14.7. The molecule has 5 nitrogen and oxygen atoms in total. The molecular formula is C25H29NO4S2. The average Bonchev–Trinajstić information content (AvgIpc) is 3.04. The first-order valence-electron chi connectivity index (χ1n) is 10.8. The third kappa shape index (κ3) is 6.04. The van der Waals surface area contributed by atoms with Gasteiger partial charge in [-0.1, -0.05) is 36.1 Å². The molecule has 0 N–H and O–H groups in total. The minimum atomic E-state index is -0.0513. The van der Waals surface area contributed by atoms with E-state index in [2.05, 4.69) is 26.0 Å². The normalized spacial score (nSPS) is 14.9. The number of hydrogen-bond donors (Lipinski definition) is 0. The predicted octanol–water partition coefficient (Wildman–Crippen LogP) is 5.77. The van der Waals surface area contributed by atoms with Gasteiger partial charge in [0.1, 0.15) is 10.1 Å². The van der Waals surface area contributed by atoms with Gasteiger partial charge in [0.2, 0.25) is 0 Å². The van der Waals surface area contributed by atoms with Crippen LogP contribution < -0.4 is 14.2 Å². The first-order valence-corrected chi connectivity index (χ1v) is 12.0. The second-order valence-corrected chi connectivity index (χ2v) is 9.04. The molecule has 1 aliphatic rings. The van der Waals surface area contributed by atoms with Crippen LogP contribution in [0.5, 0.6) is 17.2 Å². The number of carbonyl (C=O) groups excluding carboxylic acids is 1. The summed E-state index contributed by atoms with van der Waals surface area (Å²) in [6.07, 6.45) is 2.60. The van der Waals surface area contributed by atoms with Crippen molar-refractivity contribution >= 4 is 40.3 Å². The maximum absolute atomic E-state index is 12.5. The molecule has 1 amide bonds. The van der Waals surface area contributed by atoms with Crippen LogP contribution in [0.2, 0.25) is 0 Å². The summed E-state index contributed by atoms with van der Waals surface area (Å²) >= 11 is 6.61. The highest BCUT2D eigenvalue weighted by molar-refractivity contribution is 8.26. The Morgan fingerprint density at radius 2 is 1.75 bits per heavy atom. The zero-order valence-electron chi connectivity index (χ0n) is 19.0. The Bertz CT molecular complexity index is 1020. The number of ether oxygens (including phenoxy) is 3. The summed E-state index contributed by atoms with van der Waals surface area (Å²) < 4.78 is 18.1. The molecule has 32 heavy (non-hydrogen) atoms. The highest BCUT2D eigenvalue weighted by Gasteiger charge is 2.30. The van der Waals surface area contributed by atoms with Gasteiger partial charge in [-0.05, 0) is 74.7 Å². The molecule has 0 aliphatic carbocycles. The number of amides is 1. The van der Waals surface area contributed by atoms with Crippen LogP contribution in [0, 0.1) is 13.8 Å². The number of nitrogens with zero attached hydrogens (tertiary/aromatic N) is 1. The molecule has 0 aromatic heterocycles. The lowest BCUT2D eigenvalue weighted by molar-refractivity contribution is -0.121. The third-order valence-corrected chi connectivity index (χ3v) is 6.43. The monoisotopic (exact) mass is 471 g/mol. The van der Waals surface area contributed by atoms with Crippen molar-refractivity contribution in [2.75, 3.05) is 26.4 Å². The molecule has 0 unspecified atom stereocenters. The quantitative estimate of drug-likeness (QED) is 0.249. The van der Waals surface area contributed by atoms with E-state index in [-0.39, 0.29) is 5.91 Å². The Balaban J connectivity index is 1.58. The summed E-state index contributed by atoms with van der Waals surface area (Å²) in [6.45, 7) is 10.2. The summed E-state index contributed by atoms with van der Waals surface area (Å²) in [6, 6.07) is 11.8. The van der Waals surface area contributed by atoms with Gasteiger partial charge < -0.3 is 14.2 Å². The molecule has 0 spiro atoms. The molecule has 1 heterocycles. The van der Waals surface area contributed by atoms with Gasteiger partial charge in [-0.3, -0.25) is 9.69 Å². The van der Waals surface area contributed by atoms with E-state index in [1.807, 2.05) is 44.2 Å². The number of aryl methyl sites for hydroxylation is 2. The van der Waals surface area contributed by atoms with Crippen LogP contribution in [0.25, 0.3) is 6.08 Å². The summed E-state index contributed by atoms with van der Waals surface area (Å²) in [5.74, 6) is 2.16. The van der Waals surface area contributed by atoms with E-state index in [0.29, 0.717) is 47.1 Å². The zero-order chi connectivity index (χ0) is 23.1. The van der Waals surface area contributed by atoms with Crippen molar-refractivity contribution in [3.05, 3.63) is 58.0 Å². The van der Waals surface area contributed by atoms with Crippen LogP contribution in [0.1, 0.15) is 37.0 Å². The maximum Gasteiger partial charge on any atom is 0.266 e. The van der Waals surface area contributed by atoms with Gasteiger partial charge >= 0.3 is 0 Å². The zero-order valence-corrected chi connectivity index (χ0v) is 20.6. The van der Waals surface area contributed by atoms with Crippen molar-refractivity contribution in [2.45, 2.75) is 34.1 Å². The largest absolute Gasteiger partial charge is 0.493 e. The van der Waals surface area contributed by atoms with Crippen molar-refractivity contribution in [3.8, 4) is 17.2 Å². The summed E-state index contributed by atoms with van der Waals surface area (Å²) in [7, 11) is 0. The minimum Gasteiger partial charge on any atom is -0.493 e. The van der Waals surface area contributed by atoms with Gasteiger partial charge in [0.05, 0.1) is 24.7 Å². The molecule has 0 saturated carbocycles. The van der Waals surface area contributed by atoms with Crippen LogP contribution in [-0.2, 0) is 4.79 Å². The second kappa shape index (κ2) is 11.4. The standard InChI is InChI=1S/C25H29NO4S2/c1-5-26-24(27)23(32-25(26)31)16-19-9-11-21(22(15-19)28-6-2)30-13-7-12-29-20-10-8-17(3)18(4)14-20/h8-11,14-16H,5-7,12-13H2,1-4H3. The molecule has 0 radical (unpaired) electrons. The molecule has 1 aliphatic heterocycles.